The molecule has 0 spiro atoms. The second kappa shape index (κ2) is 8.60. The lowest BCUT2D eigenvalue weighted by molar-refractivity contribution is -0.148. The van der Waals surface area contributed by atoms with Crippen LogP contribution in [0.25, 0.3) is 0 Å². The van der Waals surface area contributed by atoms with Gasteiger partial charge in [-0.2, -0.15) is 0 Å². The second-order valence-corrected chi connectivity index (χ2v) is 8.09. The number of esters is 1. The molecule has 5 heteroatoms. The number of carbonyl (C=O) groups is 3. The fraction of sp³-hybridized carbons (Fsp3) is 0.375. The van der Waals surface area contributed by atoms with E-state index >= 15 is 0 Å². The van der Waals surface area contributed by atoms with E-state index in [-0.39, 0.29) is 18.4 Å². The fourth-order valence-electron chi connectivity index (χ4n) is 4.77. The number of hydrogen-bond acceptors (Lipinski definition) is 4. The van der Waals surface area contributed by atoms with Crippen molar-refractivity contribution in [1.82, 2.24) is 0 Å². The molecule has 0 unspecified atom stereocenters. The number of benzene rings is 2. The van der Waals surface area contributed by atoms with Crippen LogP contribution in [0.1, 0.15) is 48.0 Å². The zero-order valence-corrected chi connectivity index (χ0v) is 16.3. The number of ether oxygens (including phenoxy) is 1. The third kappa shape index (κ3) is 4.56. The lowest BCUT2D eigenvalue weighted by Crippen LogP contribution is -2.24. The van der Waals surface area contributed by atoms with E-state index in [9.17, 15) is 14.4 Å². The third-order valence-corrected chi connectivity index (χ3v) is 6.16. The number of nitrogens with one attached hydrogen (secondary N) is 1. The fourth-order valence-corrected chi connectivity index (χ4v) is 4.77. The molecule has 0 saturated heterocycles. The summed E-state index contributed by atoms with van der Waals surface area (Å²) in [5.41, 5.74) is 1.36. The highest BCUT2D eigenvalue weighted by molar-refractivity contribution is 6.13. The van der Waals surface area contributed by atoms with Gasteiger partial charge in [0.25, 0.3) is 5.91 Å². The molecule has 2 bridgehead atoms. The lowest BCUT2D eigenvalue weighted by atomic mass is 9.86. The molecule has 0 aliphatic heterocycles. The Bertz CT molecular complexity index is 908. The Balaban J connectivity index is 1.32. The van der Waals surface area contributed by atoms with Crippen LogP contribution in [0.15, 0.2) is 54.6 Å². The van der Waals surface area contributed by atoms with Crippen LogP contribution < -0.4 is 5.32 Å². The molecule has 2 fully saturated rings. The molecule has 2 aromatic rings. The number of ketones is 1. The van der Waals surface area contributed by atoms with Gasteiger partial charge in [0.2, 0.25) is 0 Å². The molecule has 2 aliphatic carbocycles. The summed E-state index contributed by atoms with van der Waals surface area (Å²) in [6.07, 6.45) is 5.26. The first-order chi connectivity index (χ1) is 14.1. The van der Waals surface area contributed by atoms with Gasteiger partial charge in [-0.15, -0.1) is 0 Å². The molecule has 0 heterocycles. The Kier molecular flexibility index (Phi) is 5.74. The molecule has 0 aromatic heterocycles. The molecule has 150 valence electrons. The maximum absolute atomic E-state index is 12.7. The second-order valence-electron chi connectivity index (χ2n) is 8.09. The summed E-state index contributed by atoms with van der Waals surface area (Å²) in [5, 5.41) is 2.70. The Morgan fingerprint density at radius 1 is 0.931 bits per heavy atom. The molecule has 29 heavy (non-hydrogen) atoms. The zero-order chi connectivity index (χ0) is 20.2. The van der Waals surface area contributed by atoms with Crippen LogP contribution in [0.4, 0.5) is 5.69 Å². The van der Waals surface area contributed by atoms with Crippen molar-refractivity contribution in [3.63, 3.8) is 0 Å². The summed E-state index contributed by atoms with van der Waals surface area (Å²) in [6, 6.07) is 15.7. The monoisotopic (exact) mass is 391 g/mol. The summed E-state index contributed by atoms with van der Waals surface area (Å²) < 4.78 is 5.19. The lowest BCUT2D eigenvalue weighted by Gasteiger charge is -2.20. The van der Waals surface area contributed by atoms with Gasteiger partial charge in [0.1, 0.15) is 0 Å². The highest BCUT2D eigenvalue weighted by Gasteiger charge is 2.40. The van der Waals surface area contributed by atoms with E-state index in [2.05, 4.69) is 5.32 Å². The molecule has 5 nitrogen and oxygen atoms in total. The molecule has 3 atom stereocenters. The molecule has 2 saturated carbocycles. The number of amides is 1. The van der Waals surface area contributed by atoms with Crippen molar-refractivity contribution in [1.29, 1.82) is 0 Å². The quantitative estimate of drug-likeness (QED) is 0.566. The van der Waals surface area contributed by atoms with Gasteiger partial charge in [0.15, 0.2) is 12.4 Å². The van der Waals surface area contributed by atoms with Crippen molar-refractivity contribution >= 4 is 23.3 Å². The predicted molar refractivity (Wildman–Crippen MR) is 109 cm³/mol. The average Bonchev–Trinajstić information content (AvgIpc) is 3.36. The third-order valence-electron chi connectivity index (χ3n) is 6.16. The van der Waals surface area contributed by atoms with E-state index < -0.39 is 5.91 Å². The molecule has 1 N–H and O–H groups in total. The van der Waals surface area contributed by atoms with Gasteiger partial charge in [0, 0.05) is 17.5 Å². The van der Waals surface area contributed by atoms with Crippen LogP contribution in [0.2, 0.25) is 0 Å². The normalized spacial score (nSPS) is 22.3. The molecule has 2 aliphatic rings. The molecule has 2 aromatic carbocycles. The van der Waals surface area contributed by atoms with E-state index in [0.717, 1.165) is 12.3 Å². The highest BCUT2D eigenvalue weighted by atomic mass is 16.5. The van der Waals surface area contributed by atoms with E-state index in [1.807, 2.05) is 6.07 Å². The van der Waals surface area contributed by atoms with Crippen LogP contribution in [-0.2, 0) is 14.3 Å². The van der Waals surface area contributed by atoms with Gasteiger partial charge in [-0.1, -0.05) is 48.9 Å². The topological polar surface area (TPSA) is 72.5 Å². The molecule has 1 amide bonds. The van der Waals surface area contributed by atoms with E-state index in [1.54, 1.807) is 48.5 Å². The van der Waals surface area contributed by atoms with Crippen LogP contribution >= 0.6 is 0 Å². The minimum Gasteiger partial charge on any atom is -0.456 e. The van der Waals surface area contributed by atoms with E-state index in [0.29, 0.717) is 35.1 Å². The van der Waals surface area contributed by atoms with Gasteiger partial charge < -0.3 is 10.1 Å². The van der Waals surface area contributed by atoms with Crippen molar-refractivity contribution in [2.75, 3.05) is 11.9 Å². The maximum atomic E-state index is 12.7. The number of fused-ring (bicyclic) bond motifs is 2. The van der Waals surface area contributed by atoms with Gasteiger partial charge >= 0.3 is 5.97 Å². The van der Waals surface area contributed by atoms with Crippen molar-refractivity contribution in [2.45, 2.75) is 32.1 Å². The first-order valence-corrected chi connectivity index (χ1v) is 10.2. The van der Waals surface area contributed by atoms with Gasteiger partial charge in [-0.05, 0) is 49.1 Å². The minimum absolute atomic E-state index is 0.171. The van der Waals surface area contributed by atoms with Crippen molar-refractivity contribution < 1.29 is 19.1 Å². The summed E-state index contributed by atoms with van der Waals surface area (Å²) in [6.45, 7) is -0.340. The van der Waals surface area contributed by atoms with Crippen molar-refractivity contribution in [2.24, 2.45) is 17.8 Å². The van der Waals surface area contributed by atoms with Gasteiger partial charge in [-0.3, -0.25) is 14.4 Å². The zero-order valence-electron chi connectivity index (χ0n) is 16.3. The SMILES string of the molecule is O=C(COC(=O)C[C@H]1C[C@@H]2CC[C@@H]1C2)Nc1ccccc1C(=O)c1ccccc1. The summed E-state index contributed by atoms with van der Waals surface area (Å²) in [7, 11) is 0. The average molecular weight is 391 g/mol. The number of anilines is 1. The summed E-state index contributed by atoms with van der Waals surface area (Å²) in [4.78, 5) is 37.2. The van der Waals surface area contributed by atoms with Gasteiger partial charge in [-0.25, -0.2) is 0 Å². The molecular formula is C24H25NO4. The number of para-hydroxylation sites is 1. The van der Waals surface area contributed by atoms with Crippen LogP contribution in [0.5, 0.6) is 0 Å². The highest BCUT2D eigenvalue weighted by Crippen LogP contribution is 2.49. The van der Waals surface area contributed by atoms with Gasteiger partial charge in [0.05, 0.1) is 5.69 Å². The van der Waals surface area contributed by atoms with Crippen LogP contribution in [0.3, 0.4) is 0 Å². The predicted octanol–water partition coefficient (Wildman–Crippen LogP) is 4.23. The van der Waals surface area contributed by atoms with E-state index in [4.69, 9.17) is 4.74 Å². The Hall–Kier alpha value is -2.95. The van der Waals surface area contributed by atoms with Crippen molar-refractivity contribution in [3.05, 3.63) is 65.7 Å². The summed E-state index contributed by atoms with van der Waals surface area (Å²) in [5.74, 6) is 0.909. The van der Waals surface area contributed by atoms with Crippen LogP contribution in [0, 0.1) is 17.8 Å². The largest absolute Gasteiger partial charge is 0.456 e. The number of hydrogen-bond donors (Lipinski definition) is 1. The smallest absolute Gasteiger partial charge is 0.306 e. The summed E-state index contributed by atoms with van der Waals surface area (Å²) >= 11 is 0. The van der Waals surface area contributed by atoms with Crippen LogP contribution in [-0.4, -0.2) is 24.3 Å². The van der Waals surface area contributed by atoms with E-state index in [1.165, 1.54) is 19.3 Å². The number of carbonyl (C=O) groups excluding carboxylic acids is 3. The maximum Gasteiger partial charge on any atom is 0.306 e. The molecule has 4 rings (SSSR count). The Labute approximate surface area is 170 Å². The molecule has 0 radical (unpaired) electrons. The first-order valence-electron chi connectivity index (χ1n) is 10.2. The van der Waals surface area contributed by atoms with Crippen molar-refractivity contribution in [3.8, 4) is 0 Å². The number of rotatable bonds is 7. The first kappa shape index (κ1) is 19.4. The minimum atomic E-state index is -0.445. The standard InChI is InChI=1S/C24H25NO4/c26-22(15-29-23(27)14-19-13-16-10-11-18(19)12-16)25-21-9-5-4-8-20(21)24(28)17-6-2-1-3-7-17/h1-9,16,18-19H,10-15H2,(H,25,26)/t16-,18-,19-/m1/s1. The Morgan fingerprint density at radius 2 is 1.69 bits per heavy atom. The molecular weight excluding hydrogens is 366 g/mol. The Morgan fingerprint density at radius 3 is 2.41 bits per heavy atom.